The lowest BCUT2D eigenvalue weighted by molar-refractivity contribution is -0.275. The number of hydrogen-bond donors (Lipinski definition) is 0. The second kappa shape index (κ2) is 4.04. The SMILES string of the molecule is COc1cncc(C#N)c1OC(F)(F)F. The molecule has 0 spiro atoms. The largest absolute Gasteiger partial charge is 0.573 e. The van der Waals surface area contributed by atoms with Crippen LogP contribution in [0.4, 0.5) is 13.2 Å². The maximum atomic E-state index is 12.0. The third-order valence-corrected chi connectivity index (χ3v) is 1.42. The predicted octanol–water partition coefficient (Wildman–Crippen LogP) is 1.86. The molecule has 0 aliphatic heterocycles. The number of alkyl halides is 3. The topological polar surface area (TPSA) is 55.1 Å². The van der Waals surface area contributed by atoms with Crippen LogP contribution in [0.15, 0.2) is 12.4 Å². The number of methoxy groups -OCH3 is 1. The molecular weight excluding hydrogens is 213 g/mol. The van der Waals surface area contributed by atoms with Gasteiger partial charge in [0.05, 0.1) is 13.3 Å². The van der Waals surface area contributed by atoms with Gasteiger partial charge < -0.3 is 9.47 Å². The summed E-state index contributed by atoms with van der Waals surface area (Å²) in [6.45, 7) is 0. The molecule has 80 valence electrons. The molecular formula is C8H5F3N2O2. The Balaban J connectivity index is 3.18. The summed E-state index contributed by atoms with van der Waals surface area (Å²) in [6, 6.07) is 1.53. The monoisotopic (exact) mass is 218 g/mol. The van der Waals surface area contributed by atoms with Crippen molar-refractivity contribution in [1.82, 2.24) is 4.98 Å². The van der Waals surface area contributed by atoms with Gasteiger partial charge in [-0.2, -0.15) is 5.26 Å². The van der Waals surface area contributed by atoms with Crippen LogP contribution in [0.1, 0.15) is 5.56 Å². The maximum absolute atomic E-state index is 12.0. The molecule has 0 N–H and O–H groups in total. The van der Waals surface area contributed by atoms with Gasteiger partial charge in [-0.15, -0.1) is 13.2 Å². The minimum atomic E-state index is -4.87. The van der Waals surface area contributed by atoms with Gasteiger partial charge in [0.1, 0.15) is 11.6 Å². The van der Waals surface area contributed by atoms with Crippen LogP contribution in [0.3, 0.4) is 0 Å². The molecule has 0 bridgehead atoms. The number of ether oxygens (including phenoxy) is 2. The van der Waals surface area contributed by atoms with Crippen molar-refractivity contribution in [3.8, 4) is 17.6 Å². The van der Waals surface area contributed by atoms with Gasteiger partial charge in [-0.25, -0.2) is 0 Å². The van der Waals surface area contributed by atoms with E-state index in [0.717, 1.165) is 19.5 Å². The summed E-state index contributed by atoms with van der Waals surface area (Å²) < 4.78 is 44.2. The second-order valence-electron chi connectivity index (χ2n) is 2.38. The summed E-state index contributed by atoms with van der Waals surface area (Å²) in [5, 5.41) is 8.54. The van der Waals surface area contributed by atoms with E-state index in [4.69, 9.17) is 5.26 Å². The van der Waals surface area contributed by atoms with Gasteiger partial charge in [0.25, 0.3) is 0 Å². The predicted molar refractivity (Wildman–Crippen MR) is 42.2 cm³/mol. The molecule has 1 rings (SSSR count). The van der Waals surface area contributed by atoms with Crippen molar-refractivity contribution in [2.45, 2.75) is 6.36 Å². The fourth-order valence-corrected chi connectivity index (χ4v) is 0.876. The van der Waals surface area contributed by atoms with E-state index in [1.54, 1.807) is 0 Å². The summed E-state index contributed by atoms with van der Waals surface area (Å²) >= 11 is 0. The van der Waals surface area contributed by atoms with Gasteiger partial charge in [0.15, 0.2) is 11.5 Å². The molecule has 1 aromatic rings. The van der Waals surface area contributed by atoms with Crippen LogP contribution in [0.25, 0.3) is 0 Å². The van der Waals surface area contributed by atoms with E-state index in [-0.39, 0.29) is 11.3 Å². The van der Waals surface area contributed by atoms with Crippen LogP contribution < -0.4 is 9.47 Å². The Bertz CT molecular complexity index is 398. The van der Waals surface area contributed by atoms with Crippen molar-refractivity contribution in [2.75, 3.05) is 7.11 Å². The first kappa shape index (κ1) is 11.1. The first-order valence-electron chi connectivity index (χ1n) is 3.65. The minimum absolute atomic E-state index is 0.244. The zero-order valence-electron chi connectivity index (χ0n) is 7.50. The van der Waals surface area contributed by atoms with Crippen LogP contribution in [-0.2, 0) is 0 Å². The van der Waals surface area contributed by atoms with E-state index < -0.39 is 12.1 Å². The molecule has 0 aromatic carbocycles. The molecule has 0 radical (unpaired) electrons. The number of nitriles is 1. The van der Waals surface area contributed by atoms with Gasteiger partial charge in [0.2, 0.25) is 0 Å². The fraction of sp³-hybridized carbons (Fsp3) is 0.250. The Labute approximate surface area is 82.9 Å². The van der Waals surface area contributed by atoms with E-state index in [9.17, 15) is 13.2 Å². The number of aromatic nitrogens is 1. The zero-order valence-corrected chi connectivity index (χ0v) is 7.50. The molecule has 0 saturated carbocycles. The lowest BCUT2D eigenvalue weighted by Crippen LogP contribution is -2.18. The minimum Gasteiger partial charge on any atom is -0.491 e. The Morgan fingerprint density at radius 3 is 2.53 bits per heavy atom. The van der Waals surface area contributed by atoms with Crippen molar-refractivity contribution in [1.29, 1.82) is 5.26 Å². The van der Waals surface area contributed by atoms with Gasteiger partial charge in [-0.1, -0.05) is 0 Å². The molecule has 0 amide bonds. The second-order valence-corrected chi connectivity index (χ2v) is 2.38. The molecule has 0 saturated heterocycles. The van der Waals surface area contributed by atoms with Crippen LogP contribution in [0.5, 0.6) is 11.5 Å². The smallest absolute Gasteiger partial charge is 0.491 e. The van der Waals surface area contributed by atoms with E-state index in [1.807, 2.05) is 0 Å². The normalized spacial score (nSPS) is 10.6. The first-order chi connectivity index (χ1) is 6.98. The molecule has 4 nitrogen and oxygen atoms in total. The van der Waals surface area contributed by atoms with Crippen molar-refractivity contribution >= 4 is 0 Å². The van der Waals surface area contributed by atoms with Crippen LogP contribution in [0.2, 0.25) is 0 Å². The highest BCUT2D eigenvalue weighted by atomic mass is 19.4. The molecule has 1 heterocycles. The van der Waals surface area contributed by atoms with Gasteiger partial charge in [0, 0.05) is 6.20 Å². The molecule has 0 fully saturated rings. The number of hydrogen-bond acceptors (Lipinski definition) is 4. The summed E-state index contributed by atoms with van der Waals surface area (Å²) in [7, 11) is 1.15. The third kappa shape index (κ3) is 2.74. The van der Waals surface area contributed by atoms with Crippen molar-refractivity contribution in [3.63, 3.8) is 0 Å². The van der Waals surface area contributed by atoms with Crippen molar-refractivity contribution < 1.29 is 22.6 Å². The summed E-state index contributed by atoms with van der Waals surface area (Å²) in [6.07, 6.45) is -2.88. The number of rotatable bonds is 2. The van der Waals surface area contributed by atoms with Gasteiger partial charge in [-0.05, 0) is 0 Å². The third-order valence-electron chi connectivity index (χ3n) is 1.42. The molecule has 0 aliphatic carbocycles. The van der Waals surface area contributed by atoms with E-state index in [2.05, 4.69) is 14.5 Å². The van der Waals surface area contributed by atoms with Crippen molar-refractivity contribution in [2.24, 2.45) is 0 Å². The Kier molecular flexibility index (Phi) is 2.99. The van der Waals surface area contributed by atoms with Gasteiger partial charge >= 0.3 is 6.36 Å². The summed E-state index contributed by atoms with van der Waals surface area (Å²) in [5.74, 6) is -0.922. The number of pyridine rings is 1. The molecule has 7 heteroatoms. The summed E-state index contributed by atoms with van der Waals surface area (Å²) in [5.41, 5.74) is -0.341. The fourth-order valence-electron chi connectivity index (χ4n) is 0.876. The zero-order chi connectivity index (χ0) is 11.5. The quantitative estimate of drug-likeness (QED) is 0.760. The average molecular weight is 218 g/mol. The summed E-state index contributed by atoms with van der Waals surface area (Å²) in [4.78, 5) is 3.52. The van der Waals surface area contributed by atoms with E-state index >= 15 is 0 Å². The highest BCUT2D eigenvalue weighted by molar-refractivity contribution is 5.50. The molecule has 15 heavy (non-hydrogen) atoms. The molecule has 0 aliphatic rings. The average Bonchev–Trinajstić information content (AvgIpc) is 2.16. The maximum Gasteiger partial charge on any atom is 0.573 e. The standard InChI is InChI=1S/C8H5F3N2O2/c1-14-6-4-13-3-5(2-12)7(6)15-8(9,10)11/h3-4H,1H3. The molecule has 0 unspecified atom stereocenters. The van der Waals surface area contributed by atoms with Crippen molar-refractivity contribution in [3.05, 3.63) is 18.0 Å². The highest BCUT2D eigenvalue weighted by Gasteiger charge is 2.33. The first-order valence-corrected chi connectivity index (χ1v) is 3.65. The van der Waals surface area contributed by atoms with Gasteiger partial charge in [-0.3, -0.25) is 4.98 Å². The van der Waals surface area contributed by atoms with Crippen LogP contribution in [0, 0.1) is 11.3 Å². The lowest BCUT2D eigenvalue weighted by atomic mass is 10.2. The van der Waals surface area contributed by atoms with Crippen LogP contribution in [-0.4, -0.2) is 18.5 Å². The highest BCUT2D eigenvalue weighted by Crippen LogP contribution is 2.33. The Hall–Kier alpha value is -1.97. The Morgan fingerprint density at radius 1 is 1.40 bits per heavy atom. The van der Waals surface area contributed by atoms with E-state index in [0.29, 0.717) is 0 Å². The van der Waals surface area contributed by atoms with Crippen LogP contribution >= 0.6 is 0 Å². The number of nitrogens with zero attached hydrogens (tertiary/aromatic N) is 2. The Morgan fingerprint density at radius 2 is 2.07 bits per heavy atom. The van der Waals surface area contributed by atoms with E-state index in [1.165, 1.54) is 6.07 Å². The number of halogens is 3. The molecule has 0 atom stereocenters. The molecule has 1 aromatic heterocycles. The lowest BCUT2D eigenvalue weighted by Gasteiger charge is -2.12.